The summed E-state index contributed by atoms with van der Waals surface area (Å²) in [6, 6.07) is 4.11. The molecule has 0 radical (unpaired) electrons. The molecule has 1 aromatic heterocycles. The van der Waals surface area contributed by atoms with E-state index in [0.29, 0.717) is 23.1 Å². The van der Waals surface area contributed by atoms with Crippen molar-refractivity contribution in [1.29, 1.82) is 0 Å². The summed E-state index contributed by atoms with van der Waals surface area (Å²) >= 11 is 1.59. The van der Waals surface area contributed by atoms with Crippen LogP contribution in [-0.4, -0.2) is 55.8 Å². The molecular weight excluding hydrogens is 452 g/mol. The predicted octanol–water partition coefficient (Wildman–Crippen LogP) is 3.58. The van der Waals surface area contributed by atoms with Gasteiger partial charge in [-0.1, -0.05) is 32.1 Å². The summed E-state index contributed by atoms with van der Waals surface area (Å²) in [5, 5.41) is 4.34. The number of carbonyl (C=O) groups excluding carboxylic acids is 2. The van der Waals surface area contributed by atoms with Crippen LogP contribution in [0.2, 0.25) is 0 Å². The third kappa shape index (κ3) is 4.24. The Bertz CT molecular complexity index is 1030. The highest BCUT2D eigenvalue weighted by molar-refractivity contribution is 7.22. The highest BCUT2D eigenvalue weighted by atomic mass is 32.1. The lowest BCUT2D eigenvalue weighted by atomic mass is 9.86. The van der Waals surface area contributed by atoms with Crippen molar-refractivity contribution >= 4 is 39.0 Å². The topological polar surface area (TPSA) is 107 Å². The molecule has 2 saturated heterocycles. The van der Waals surface area contributed by atoms with Crippen molar-refractivity contribution in [2.75, 3.05) is 31.7 Å². The van der Waals surface area contributed by atoms with E-state index in [2.05, 4.69) is 22.9 Å². The van der Waals surface area contributed by atoms with Crippen molar-refractivity contribution in [3.63, 3.8) is 0 Å². The molecule has 2 aliphatic heterocycles. The average Bonchev–Trinajstić information content (AvgIpc) is 3.49. The van der Waals surface area contributed by atoms with Gasteiger partial charge in [-0.3, -0.25) is 9.59 Å². The van der Waals surface area contributed by atoms with Gasteiger partial charge < -0.3 is 25.4 Å². The van der Waals surface area contributed by atoms with Crippen LogP contribution in [0.25, 0.3) is 10.2 Å². The fraction of sp³-hybridized carbons (Fsp3) is 0.640. The third-order valence-corrected chi connectivity index (χ3v) is 8.93. The van der Waals surface area contributed by atoms with E-state index >= 15 is 0 Å². The number of primary amides is 1. The van der Waals surface area contributed by atoms with Crippen molar-refractivity contribution in [3.8, 4) is 5.75 Å². The molecule has 3 heterocycles. The minimum absolute atomic E-state index is 0.0190. The number of benzene rings is 1. The number of hydrogen-bond acceptors (Lipinski definition) is 7. The van der Waals surface area contributed by atoms with Crippen LogP contribution in [-0.2, 0) is 9.53 Å². The Labute approximate surface area is 205 Å². The standard InChI is InChI=1S/C22H27N3O3S.C2H6.CH3NO/c1-12-13-3-4-14(9-13)18(12)24-20(26)17-16(27-2)6-5-15-19(17)29-21(23-15)25-10-22(11-25)7-8-28-22;1-2;2-1-3/h5-6,12-14,18H,3-4,7-11H2,1-2H3,(H,24,26);1-2H3;1H,(H2,2,3). The second-order valence-corrected chi connectivity index (χ2v) is 10.4. The SMILES string of the molecule is CC.COc1ccc2nc(N3CC4(CCO4)C3)sc2c1C(=O)NC1C2CCC(C2)C1C.NC=O. The predicted molar refractivity (Wildman–Crippen MR) is 135 cm³/mol. The van der Waals surface area contributed by atoms with Crippen molar-refractivity contribution in [3.05, 3.63) is 17.7 Å². The summed E-state index contributed by atoms with van der Waals surface area (Å²) in [5.41, 5.74) is 5.74. The Morgan fingerprint density at radius 3 is 2.56 bits per heavy atom. The van der Waals surface area contributed by atoms with E-state index in [9.17, 15) is 4.79 Å². The van der Waals surface area contributed by atoms with Crippen LogP contribution >= 0.6 is 11.3 Å². The fourth-order valence-corrected chi connectivity index (χ4v) is 7.06. The number of nitrogens with two attached hydrogens (primary N) is 1. The Hall–Kier alpha value is -2.39. The number of nitrogens with one attached hydrogen (secondary N) is 1. The molecule has 3 N–H and O–H groups in total. The van der Waals surface area contributed by atoms with Crippen LogP contribution in [0, 0.1) is 17.8 Å². The van der Waals surface area contributed by atoms with Gasteiger partial charge in [0.15, 0.2) is 5.13 Å². The van der Waals surface area contributed by atoms with E-state index in [1.807, 2.05) is 26.0 Å². The van der Waals surface area contributed by atoms with E-state index in [-0.39, 0.29) is 24.0 Å². The maximum absolute atomic E-state index is 13.4. The van der Waals surface area contributed by atoms with Gasteiger partial charge in [0.2, 0.25) is 6.41 Å². The first-order valence-corrected chi connectivity index (χ1v) is 13.1. The lowest BCUT2D eigenvalue weighted by Crippen LogP contribution is -2.68. The smallest absolute Gasteiger partial charge is 0.256 e. The Morgan fingerprint density at radius 2 is 2.00 bits per heavy atom. The van der Waals surface area contributed by atoms with Gasteiger partial charge in [0.05, 0.1) is 37.0 Å². The number of amides is 2. The van der Waals surface area contributed by atoms with E-state index in [4.69, 9.17) is 19.3 Å². The van der Waals surface area contributed by atoms with Gasteiger partial charge in [-0.15, -0.1) is 0 Å². The van der Waals surface area contributed by atoms with Crippen molar-refractivity contribution in [2.24, 2.45) is 23.5 Å². The maximum Gasteiger partial charge on any atom is 0.256 e. The Morgan fingerprint density at radius 1 is 1.32 bits per heavy atom. The number of anilines is 1. The summed E-state index contributed by atoms with van der Waals surface area (Å²) in [6.45, 7) is 8.96. The largest absolute Gasteiger partial charge is 0.496 e. The average molecular weight is 489 g/mol. The van der Waals surface area contributed by atoms with Crippen molar-refractivity contribution < 1.29 is 19.1 Å². The summed E-state index contributed by atoms with van der Waals surface area (Å²) < 4.78 is 12.2. The molecular formula is C25H36N4O4S. The third-order valence-electron chi connectivity index (χ3n) is 7.78. The summed E-state index contributed by atoms with van der Waals surface area (Å²) in [5.74, 6) is 2.56. The number of fused-ring (bicyclic) bond motifs is 3. The molecule has 9 heteroatoms. The van der Waals surface area contributed by atoms with Gasteiger partial charge in [-0.25, -0.2) is 4.98 Å². The van der Waals surface area contributed by atoms with Gasteiger partial charge >= 0.3 is 0 Å². The Balaban J connectivity index is 0.000000510. The molecule has 2 aromatic rings. The number of aromatic nitrogens is 1. The van der Waals surface area contributed by atoms with Gasteiger partial charge in [-0.05, 0) is 49.1 Å². The molecule has 186 valence electrons. The minimum atomic E-state index is -0.0190. The number of ether oxygens (including phenoxy) is 2. The molecule has 1 spiro atoms. The van der Waals surface area contributed by atoms with Crippen LogP contribution in [0.3, 0.4) is 0 Å². The zero-order chi connectivity index (χ0) is 24.5. The van der Waals surface area contributed by atoms with Crippen molar-refractivity contribution in [2.45, 2.75) is 58.1 Å². The van der Waals surface area contributed by atoms with Crippen LogP contribution < -0.4 is 20.7 Å². The second-order valence-electron chi connectivity index (χ2n) is 9.45. The lowest BCUT2D eigenvalue weighted by molar-refractivity contribution is -0.160. The zero-order valence-corrected chi connectivity index (χ0v) is 21.3. The van der Waals surface area contributed by atoms with E-state index < -0.39 is 0 Å². The molecule has 2 bridgehead atoms. The Kier molecular flexibility index (Phi) is 7.33. The number of nitrogens with zero attached hydrogens (tertiary/aromatic N) is 2. The van der Waals surface area contributed by atoms with Crippen LogP contribution in [0.1, 0.15) is 56.8 Å². The van der Waals surface area contributed by atoms with Crippen LogP contribution in [0.15, 0.2) is 12.1 Å². The van der Waals surface area contributed by atoms with E-state index in [0.717, 1.165) is 47.4 Å². The zero-order valence-electron chi connectivity index (χ0n) is 20.5. The van der Waals surface area contributed by atoms with Crippen LogP contribution in [0.4, 0.5) is 5.13 Å². The summed E-state index contributed by atoms with van der Waals surface area (Å²) in [7, 11) is 1.63. The molecule has 2 aliphatic carbocycles. The summed E-state index contributed by atoms with van der Waals surface area (Å²) in [6.07, 6.45) is 5.20. The monoisotopic (exact) mass is 488 g/mol. The molecule has 6 rings (SSSR count). The number of carbonyl (C=O) groups is 2. The summed E-state index contributed by atoms with van der Waals surface area (Å²) in [4.78, 5) is 29.1. The molecule has 4 atom stereocenters. The van der Waals surface area contributed by atoms with Crippen LogP contribution in [0.5, 0.6) is 5.75 Å². The number of thiazole rings is 1. The maximum atomic E-state index is 13.4. The molecule has 2 saturated carbocycles. The quantitative estimate of drug-likeness (QED) is 0.637. The van der Waals surface area contributed by atoms with Gasteiger partial charge in [0, 0.05) is 12.5 Å². The minimum Gasteiger partial charge on any atom is -0.496 e. The first-order chi connectivity index (χ1) is 16.5. The molecule has 8 nitrogen and oxygen atoms in total. The first-order valence-electron chi connectivity index (χ1n) is 12.3. The van der Waals surface area contributed by atoms with Gasteiger partial charge in [-0.2, -0.15) is 0 Å². The van der Waals surface area contributed by atoms with Gasteiger partial charge in [0.25, 0.3) is 5.91 Å². The number of hydrogen-bond donors (Lipinski definition) is 2. The first kappa shape index (κ1) is 24.7. The number of methoxy groups -OCH3 is 1. The molecule has 34 heavy (non-hydrogen) atoms. The molecule has 1 aromatic carbocycles. The highest BCUT2D eigenvalue weighted by Crippen LogP contribution is 2.48. The molecule has 4 fully saturated rings. The normalized spacial score (nSPS) is 27.6. The van der Waals surface area contributed by atoms with Crippen molar-refractivity contribution in [1.82, 2.24) is 10.3 Å². The fourth-order valence-electron chi connectivity index (χ4n) is 5.96. The van der Waals surface area contributed by atoms with E-state index in [1.54, 1.807) is 18.4 Å². The lowest BCUT2D eigenvalue weighted by Gasteiger charge is -2.55. The highest BCUT2D eigenvalue weighted by Gasteiger charge is 2.50. The molecule has 4 unspecified atom stereocenters. The molecule has 4 aliphatic rings. The second kappa shape index (κ2) is 10.1. The number of rotatable bonds is 4. The van der Waals surface area contributed by atoms with E-state index in [1.165, 1.54) is 19.3 Å². The van der Waals surface area contributed by atoms with Gasteiger partial charge in [0.1, 0.15) is 16.9 Å². The molecule has 2 amide bonds.